The normalized spacial score (nSPS) is 31.9. The molecule has 1 saturated heterocycles. The Hall–Kier alpha value is -1.38. The van der Waals surface area contributed by atoms with Crippen LogP contribution in [0.2, 0.25) is 0 Å². The Morgan fingerprint density at radius 1 is 1.50 bits per heavy atom. The number of fused-ring (bicyclic) bond motifs is 2. The Balaban J connectivity index is 2.15. The van der Waals surface area contributed by atoms with Gasteiger partial charge in [0.05, 0.1) is 0 Å². The Kier molecular flexibility index (Phi) is 1.88. The maximum Gasteiger partial charge on any atom is 0.221 e. The second kappa shape index (κ2) is 3.06. The minimum atomic E-state index is -0.158. The van der Waals surface area contributed by atoms with Crippen molar-refractivity contribution in [2.24, 2.45) is 0 Å². The third-order valence-electron chi connectivity index (χ3n) is 4.16. The van der Waals surface area contributed by atoms with Crippen molar-refractivity contribution in [2.45, 2.75) is 37.6 Å². The summed E-state index contributed by atoms with van der Waals surface area (Å²) < 4.78 is 13.6. The largest absolute Gasteiger partial charge is 0.353 e. The second-order valence-corrected chi connectivity index (χ2v) is 4.89. The molecular weight excluding hydrogens is 205 g/mol. The minimum absolute atomic E-state index is 0.0876. The number of hydrogen-bond acceptors (Lipinski definition) is 1. The van der Waals surface area contributed by atoms with Crippen LogP contribution in [-0.2, 0) is 16.6 Å². The van der Waals surface area contributed by atoms with E-state index >= 15 is 0 Å². The van der Waals surface area contributed by atoms with E-state index in [1.165, 1.54) is 6.07 Å². The number of amides is 1. The lowest BCUT2D eigenvalue weighted by atomic mass is 9.76. The Morgan fingerprint density at radius 2 is 2.31 bits per heavy atom. The predicted octanol–water partition coefficient (Wildman–Crippen LogP) is 1.92. The molecule has 1 amide bonds. The molecule has 1 aromatic rings. The van der Waals surface area contributed by atoms with Crippen molar-refractivity contribution in [1.82, 2.24) is 5.32 Å². The summed E-state index contributed by atoms with van der Waals surface area (Å²) in [6.07, 6.45) is 2.13. The fourth-order valence-corrected chi connectivity index (χ4v) is 3.27. The van der Waals surface area contributed by atoms with Crippen LogP contribution in [0.5, 0.6) is 0 Å². The molecular formula is C13H14FNO. The summed E-state index contributed by atoms with van der Waals surface area (Å²) in [7, 11) is 0. The van der Waals surface area contributed by atoms with Gasteiger partial charge in [0.25, 0.3) is 0 Å². The molecule has 1 heterocycles. The number of benzene rings is 1. The van der Waals surface area contributed by atoms with Crippen LogP contribution in [-0.4, -0.2) is 11.9 Å². The van der Waals surface area contributed by atoms with Crippen LogP contribution < -0.4 is 5.32 Å². The molecule has 3 heteroatoms. The van der Waals surface area contributed by atoms with E-state index in [0.717, 1.165) is 24.0 Å². The molecule has 0 radical (unpaired) electrons. The van der Waals surface area contributed by atoms with Gasteiger partial charge in [-0.2, -0.15) is 0 Å². The number of hydrogen-bond donors (Lipinski definition) is 1. The molecule has 2 aliphatic rings. The lowest BCUT2D eigenvalue weighted by Gasteiger charge is -2.28. The average molecular weight is 219 g/mol. The smallest absolute Gasteiger partial charge is 0.221 e. The summed E-state index contributed by atoms with van der Waals surface area (Å²) in [5.74, 6) is -0.0365. The zero-order valence-corrected chi connectivity index (χ0v) is 9.22. The molecule has 1 aliphatic heterocycles. The molecule has 1 aromatic carbocycles. The molecule has 84 valence electrons. The van der Waals surface area contributed by atoms with Crippen molar-refractivity contribution in [2.75, 3.05) is 0 Å². The van der Waals surface area contributed by atoms with Gasteiger partial charge >= 0.3 is 0 Å². The third-order valence-corrected chi connectivity index (χ3v) is 4.16. The second-order valence-electron chi connectivity index (χ2n) is 4.89. The number of carbonyl (C=O) groups excluding carboxylic acids is 1. The first-order valence-electron chi connectivity index (χ1n) is 5.71. The highest BCUT2D eigenvalue weighted by atomic mass is 19.1. The van der Waals surface area contributed by atoms with Gasteiger partial charge in [-0.05, 0) is 37.0 Å². The molecule has 2 nitrogen and oxygen atoms in total. The maximum absolute atomic E-state index is 13.6. The SMILES string of the molecule is CC1NC(=O)CC12CCc1c(F)cccc12. The first-order chi connectivity index (χ1) is 7.63. The summed E-state index contributed by atoms with van der Waals surface area (Å²) >= 11 is 0. The van der Waals surface area contributed by atoms with E-state index in [1.807, 2.05) is 13.0 Å². The first-order valence-corrected chi connectivity index (χ1v) is 5.71. The van der Waals surface area contributed by atoms with Gasteiger partial charge in [-0.15, -0.1) is 0 Å². The fourth-order valence-electron chi connectivity index (χ4n) is 3.27. The Morgan fingerprint density at radius 3 is 3.00 bits per heavy atom. The van der Waals surface area contributed by atoms with Gasteiger partial charge in [0.1, 0.15) is 5.82 Å². The van der Waals surface area contributed by atoms with Crippen LogP contribution in [0.4, 0.5) is 4.39 Å². The minimum Gasteiger partial charge on any atom is -0.353 e. The van der Waals surface area contributed by atoms with Crippen molar-refractivity contribution in [3.8, 4) is 0 Å². The number of carbonyl (C=O) groups is 1. The topological polar surface area (TPSA) is 29.1 Å². The van der Waals surface area contributed by atoms with Gasteiger partial charge in [0, 0.05) is 17.9 Å². The van der Waals surface area contributed by atoms with E-state index in [-0.39, 0.29) is 23.2 Å². The van der Waals surface area contributed by atoms with Crippen molar-refractivity contribution in [3.63, 3.8) is 0 Å². The Labute approximate surface area is 93.9 Å². The molecule has 3 rings (SSSR count). The zero-order valence-electron chi connectivity index (χ0n) is 9.22. The van der Waals surface area contributed by atoms with E-state index in [2.05, 4.69) is 5.32 Å². The highest BCUT2D eigenvalue weighted by Gasteiger charge is 2.49. The van der Waals surface area contributed by atoms with Crippen LogP contribution in [0.15, 0.2) is 18.2 Å². The van der Waals surface area contributed by atoms with E-state index in [9.17, 15) is 9.18 Å². The summed E-state index contributed by atoms with van der Waals surface area (Å²) in [5, 5.41) is 2.95. The van der Waals surface area contributed by atoms with Crippen molar-refractivity contribution < 1.29 is 9.18 Å². The maximum atomic E-state index is 13.6. The zero-order chi connectivity index (χ0) is 11.3. The summed E-state index contributed by atoms with van der Waals surface area (Å²) in [5.41, 5.74) is 1.69. The van der Waals surface area contributed by atoms with Crippen LogP contribution in [0.25, 0.3) is 0 Å². The quantitative estimate of drug-likeness (QED) is 0.709. The van der Waals surface area contributed by atoms with Gasteiger partial charge < -0.3 is 5.32 Å². The van der Waals surface area contributed by atoms with Crippen LogP contribution >= 0.6 is 0 Å². The lowest BCUT2D eigenvalue weighted by Crippen LogP contribution is -2.36. The van der Waals surface area contributed by atoms with E-state index in [0.29, 0.717) is 6.42 Å². The molecule has 0 aromatic heterocycles. The monoisotopic (exact) mass is 219 g/mol. The lowest BCUT2D eigenvalue weighted by molar-refractivity contribution is -0.119. The number of halogens is 1. The van der Waals surface area contributed by atoms with E-state index < -0.39 is 0 Å². The molecule has 0 saturated carbocycles. The van der Waals surface area contributed by atoms with Crippen molar-refractivity contribution in [3.05, 3.63) is 35.1 Å². The fraction of sp³-hybridized carbons (Fsp3) is 0.462. The highest BCUT2D eigenvalue weighted by molar-refractivity contribution is 5.82. The van der Waals surface area contributed by atoms with Gasteiger partial charge in [0.15, 0.2) is 0 Å². The van der Waals surface area contributed by atoms with Crippen molar-refractivity contribution in [1.29, 1.82) is 0 Å². The average Bonchev–Trinajstić information content (AvgIpc) is 2.72. The Bertz CT molecular complexity index is 471. The summed E-state index contributed by atoms with van der Waals surface area (Å²) in [4.78, 5) is 11.5. The number of rotatable bonds is 0. The van der Waals surface area contributed by atoms with Gasteiger partial charge in [-0.1, -0.05) is 12.1 Å². The standard InChI is InChI=1S/C13H14FNO/c1-8-13(7-12(16)15-8)6-5-9-10(13)3-2-4-11(9)14/h2-4,8H,5-7H2,1H3,(H,15,16). The van der Waals surface area contributed by atoms with E-state index in [4.69, 9.17) is 0 Å². The molecule has 1 fully saturated rings. The van der Waals surface area contributed by atoms with E-state index in [1.54, 1.807) is 6.07 Å². The van der Waals surface area contributed by atoms with Crippen LogP contribution in [0.1, 0.15) is 30.9 Å². The summed E-state index contributed by atoms with van der Waals surface area (Å²) in [6.45, 7) is 2.02. The molecule has 1 aliphatic carbocycles. The van der Waals surface area contributed by atoms with Crippen LogP contribution in [0.3, 0.4) is 0 Å². The number of nitrogens with one attached hydrogen (secondary N) is 1. The third kappa shape index (κ3) is 1.09. The van der Waals surface area contributed by atoms with Crippen LogP contribution in [0, 0.1) is 5.82 Å². The van der Waals surface area contributed by atoms with Gasteiger partial charge in [-0.25, -0.2) is 4.39 Å². The molecule has 16 heavy (non-hydrogen) atoms. The molecule has 1 N–H and O–H groups in total. The van der Waals surface area contributed by atoms with Gasteiger partial charge in [-0.3, -0.25) is 4.79 Å². The van der Waals surface area contributed by atoms with Gasteiger partial charge in [0.2, 0.25) is 5.91 Å². The molecule has 2 atom stereocenters. The highest BCUT2D eigenvalue weighted by Crippen LogP contribution is 2.47. The first kappa shape index (κ1) is 9.82. The summed E-state index contributed by atoms with van der Waals surface area (Å²) in [6, 6.07) is 5.34. The van der Waals surface area contributed by atoms with Crippen molar-refractivity contribution >= 4 is 5.91 Å². The molecule has 0 bridgehead atoms. The molecule has 2 unspecified atom stereocenters. The predicted molar refractivity (Wildman–Crippen MR) is 58.6 cm³/mol. The molecule has 1 spiro atoms.